The number of hydrogen-bond donors (Lipinski definition) is 1. The van der Waals surface area contributed by atoms with Crippen LogP contribution in [0.3, 0.4) is 0 Å². The molecule has 0 saturated carbocycles. The molecule has 1 N–H and O–H groups in total. The average Bonchev–Trinajstić information content (AvgIpc) is 2.64. The lowest BCUT2D eigenvalue weighted by Crippen LogP contribution is -2.69. The molecule has 2 bridgehead atoms. The summed E-state index contributed by atoms with van der Waals surface area (Å²) in [7, 11) is 0. The number of nitrogens with zero attached hydrogens (tertiary/aromatic N) is 4. The number of halogens is 1. The van der Waals surface area contributed by atoms with Crippen LogP contribution in [0.4, 0.5) is 9.18 Å². The van der Waals surface area contributed by atoms with Crippen LogP contribution >= 0.6 is 0 Å². The van der Waals surface area contributed by atoms with E-state index in [4.69, 9.17) is 15.0 Å². The van der Waals surface area contributed by atoms with Gasteiger partial charge in [0.15, 0.2) is 6.23 Å². The minimum absolute atomic E-state index is 0.0541. The second-order valence-electron chi connectivity index (χ2n) is 5.06. The minimum atomic E-state index is -2.37. The van der Waals surface area contributed by atoms with Crippen LogP contribution in [-0.2, 0) is 14.3 Å². The maximum absolute atomic E-state index is 14.5. The fraction of sp³-hybridized carbons (Fsp3) is 0.800. The highest BCUT2D eigenvalue weighted by molar-refractivity contribution is 6.01. The van der Waals surface area contributed by atoms with Gasteiger partial charge in [0.05, 0.1) is 18.8 Å². The van der Waals surface area contributed by atoms with E-state index < -0.39 is 42.2 Å². The van der Waals surface area contributed by atoms with Gasteiger partial charge in [-0.3, -0.25) is 15.0 Å². The summed E-state index contributed by atoms with van der Waals surface area (Å²) >= 11 is 0. The lowest BCUT2D eigenvalue weighted by atomic mass is 10.0. The van der Waals surface area contributed by atoms with Crippen molar-refractivity contribution >= 4 is 11.9 Å². The van der Waals surface area contributed by atoms with Crippen LogP contribution in [0.2, 0.25) is 0 Å². The Morgan fingerprint density at radius 3 is 3.05 bits per heavy atom. The van der Waals surface area contributed by atoms with Crippen molar-refractivity contribution in [1.29, 1.82) is 0 Å². The summed E-state index contributed by atoms with van der Waals surface area (Å²) in [5.74, 6) is -1.03. The molecule has 20 heavy (non-hydrogen) atoms. The second kappa shape index (κ2) is 4.30. The van der Waals surface area contributed by atoms with E-state index in [1.54, 1.807) is 0 Å². The third kappa shape index (κ3) is 1.73. The van der Waals surface area contributed by atoms with E-state index in [2.05, 4.69) is 10.0 Å². The summed E-state index contributed by atoms with van der Waals surface area (Å²) < 4.78 is 25.3. The number of alkyl halides is 1. The number of fused-ring (bicyclic) bond motifs is 4. The first-order valence-electron chi connectivity index (χ1n) is 6.09. The topological polar surface area (TPSA) is 117 Å². The van der Waals surface area contributed by atoms with Crippen LogP contribution in [0.15, 0.2) is 5.11 Å². The number of rotatable bonds is 1. The number of carbonyl (C=O) groups excluding carboxylic acids is 2. The molecule has 10 heteroatoms. The number of nitrogens with one attached hydrogen (secondary N) is 1. The van der Waals surface area contributed by atoms with Crippen molar-refractivity contribution in [2.45, 2.75) is 43.6 Å². The third-order valence-corrected chi connectivity index (χ3v) is 3.75. The molecule has 0 radical (unpaired) electrons. The summed E-state index contributed by atoms with van der Waals surface area (Å²) in [6.45, 7) is 0.998. The van der Waals surface area contributed by atoms with Gasteiger partial charge >= 0.3 is 6.03 Å². The van der Waals surface area contributed by atoms with Crippen molar-refractivity contribution in [3.05, 3.63) is 10.4 Å². The fourth-order valence-corrected chi connectivity index (χ4v) is 2.69. The highest BCUT2D eigenvalue weighted by atomic mass is 19.1. The van der Waals surface area contributed by atoms with Gasteiger partial charge < -0.3 is 9.47 Å². The zero-order chi connectivity index (χ0) is 14.5. The number of hydrogen-bond acceptors (Lipinski definition) is 5. The standard InChI is InChI=1S/C10H12FN5O4/c1-10(11)7(17)13-9(18)16-6-2-4(14-15-12)5(20-6)3-19-8(10)16/h4-6,8H,2-3H2,1H3,(H,13,17,18). The average molecular weight is 285 g/mol. The molecule has 3 rings (SSSR count). The number of carbonyl (C=O) groups is 2. The zero-order valence-corrected chi connectivity index (χ0v) is 10.5. The first-order chi connectivity index (χ1) is 9.45. The molecule has 0 aromatic rings. The highest BCUT2D eigenvalue weighted by Gasteiger charge is 2.58. The normalized spacial score (nSPS) is 43.4. The van der Waals surface area contributed by atoms with Crippen LogP contribution in [0.5, 0.6) is 0 Å². The van der Waals surface area contributed by atoms with Crippen LogP contribution in [0.1, 0.15) is 13.3 Å². The van der Waals surface area contributed by atoms with Crippen molar-refractivity contribution in [2.75, 3.05) is 6.61 Å². The molecule has 3 saturated heterocycles. The van der Waals surface area contributed by atoms with E-state index in [0.29, 0.717) is 0 Å². The molecule has 0 aromatic carbocycles. The molecule has 3 fully saturated rings. The molecule has 0 aromatic heterocycles. The van der Waals surface area contributed by atoms with Gasteiger partial charge in [-0.25, -0.2) is 9.18 Å². The van der Waals surface area contributed by atoms with Crippen LogP contribution in [0.25, 0.3) is 10.4 Å². The Kier molecular flexibility index (Phi) is 2.82. The van der Waals surface area contributed by atoms with Crippen molar-refractivity contribution in [2.24, 2.45) is 5.11 Å². The zero-order valence-electron chi connectivity index (χ0n) is 10.5. The Balaban J connectivity index is 1.93. The van der Waals surface area contributed by atoms with Crippen LogP contribution in [-0.4, -0.2) is 53.7 Å². The Morgan fingerprint density at radius 1 is 1.60 bits per heavy atom. The lowest BCUT2D eigenvalue weighted by molar-refractivity contribution is -0.171. The SMILES string of the molecule is CC1(F)C(=O)NC(=O)N2C3CC(N=[N+]=[N-])C(COC21)O3. The summed E-state index contributed by atoms with van der Waals surface area (Å²) in [6, 6.07) is -1.26. The first kappa shape index (κ1) is 13.1. The van der Waals surface area contributed by atoms with Gasteiger partial charge in [-0.2, -0.15) is 0 Å². The summed E-state index contributed by atoms with van der Waals surface area (Å²) in [4.78, 5) is 27.2. The summed E-state index contributed by atoms with van der Waals surface area (Å²) in [6.07, 6.45) is -2.44. The molecule has 5 unspecified atom stereocenters. The second-order valence-corrected chi connectivity index (χ2v) is 5.06. The predicted octanol–water partition coefficient (Wildman–Crippen LogP) is 0.417. The molecule has 3 aliphatic rings. The van der Waals surface area contributed by atoms with E-state index >= 15 is 0 Å². The minimum Gasteiger partial charge on any atom is -0.352 e. The Labute approximate surface area is 112 Å². The van der Waals surface area contributed by atoms with Gasteiger partial charge in [-0.15, -0.1) is 0 Å². The first-order valence-corrected chi connectivity index (χ1v) is 6.09. The summed E-state index contributed by atoms with van der Waals surface area (Å²) in [5, 5.41) is 5.51. The fourth-order valence-electron chi connectivity index (χ4n) is 2.69. The maximum atomic E-state index is 14.5. The van der Waals surface area contributed by atoms with E-state index in [9.17, 15) is 14.0 Å². The molecule has 3 aliphatic heterocycles. The molecule has 108 valence electrons. The monoisotopic (exact) mass is 285 g/mol. The molecule has 9 nitrogen and oxygen atoms in total. The molecular formula is C10H12FN5O4. The van der Waals surface area contributed by atoms with Crippen molar-refractivity contribution < 1.29 is 23.5 Å². The van der Waals surface area contributed by atoms with Gasteiger partial charge in [0, 0.05) is 11.3 Å². The van der Waals surface area contributed by atoms with Gasteiger partial charge in [0.2, 0.25) is 5.67 Å². The van der Waals surface area contributed by atoms with Gasteiger partial charge in [-0.05, 0) is 12.5 Å². The number of azide groups is 1. The Bertz CT molecular complexity index is 520. The van der Waals surface area contributed by atoms with E-state index in [1.807, 2.05) is 5.32 Å². The lowest BCUT2D eigenvalue weighted by Gasteiger charge is -2.42. The predicted molar refractivity (Wildman–Crippen MR) is 60.8 cm³/mol. The Morgan fingerprint density at radius 2 is 2.35 bits per heavy atom. The number of ether oxygens (including phenoxy) is 2. The molecule has 0 aliphatic carbocycles. The molecular weight excluding hydrogens is 273 g/mol. The largest absolute Gasteiger partial charge is 0.352 e. The molecule has 5 atom stereocenters. The van der Waals surface area contributed by atoms with Gasteiger partial charge in [0.25, 0.3) is 5.91 Å². The molecule has 3 amide bonds. The van der Waals surface area contributed by atoms with Crippen molar-refractivity contribution in [3.8, 4) is 0 Å². The van der Waals surface area contributed by atoms with Gasteiger partial charge in [-0.1, -0.05) is 5.11 Å². The highest BCUT2D eigenvalue weighted by Crippen LogP contribution is 2.37. The smallest absolute Gasteiger partial charge is 0.328 e. The van der Waals surface area contributed by atoms with E-state index in [-0.39, 0.29) is 13.0 Å². The molecule has 0 spiro atoms. The Hall–Kier alpha value is -1.90. The van der Waals surface area contributed by atoms with Crippen LogP contribution in [0, 0.1) is 0 Å². The van der Waals surface area contributed by atoms with Crippen molar-refractivity contribution in [1.82, 2.24) is 10.2 Å². The summed E-state index contributed by atoms with van der Waals surface area (Å²) in [5.41, 5.74) is 6.12. The van der Waals surface area contributed by atoms with E-state index in [1.165, 1.54) is 0 Å². The van der Waals surface area contributed by atoms with E-state index in [0.717, 1.165) is 11.8 Å². The quantitative estimate of drug-likeness (QED) is 0.426. The maximum Gasteiger partial charge on any atom is 0.328 e. The number of amides is 3. The third-order valence-electron chi connectivity index (χ3n) is 3.75. The van der Waals surface area contributed by atoms with Gasteiger partial charge in [0.1, 0.15) is 6.23 Å². The molecule has 3 heterocycles. The van der Waals surface area contributed by atoms with Crippen molar-refractivity contribution in [3.63, 3.8) is 0 Å². The number of imide groups is 1. The van der Waals surface area contributed by atoms with Crippen LogP contribution < -0.4 is 5.32 Å². The number of urea groups is 1.